The van der Waals surface area contributed by atoms with E-state index in [2.05, 4.69) is 64.4 Å². The maximum Gasteiger partial charge on any atom is 0.137 e. The van der Waals surface area contributed by atoms with Crippen LogP contribution in [-0.4, -0.2) is 43.3 Å². The molecule has 0 N–H and O–H groups in total. The molecule has 1 saturated heterocycles. The van der Waals surface area contributed by atoms with E-state index >= 15 is 0 Å². The van der Waals surface area contributed by atoms with Gasteiger partial charge in [-0.3, -0.25) is 9.89 Å². The van der Waals surface area contributed by atoms with E-state index in [-0.39, 0.29) is 0 Å². The first-order chi connectivity index (χ1) is 11.9. The molecule has 0 saturated carbocycles. The van der Waals surface area contributed by atoms with Crippen LogP contribution in [0, 0.1) is 0 Å². The zero-order chi connectivity index (χ0) is 16.2. The van der Waals surface area contributed by atoms with Gasteiger partial charge in [-0.25, -0.2) is 0 Å². The van der Waals surface area contributed by atoms with Crippen molar-refractivity contribution in [2.75, 3.05) is 31.4 Å². The Hall–Kier alpha value is -2.17. The molecule has 0 unspecified atom stereocenters. The topological polar surface area (TPSA) is 28.1 Å². The Morgan fingerprint density at radius 3 is 2.46 bits per heavy atom. The number of rotatable bonds is 4. The van der Waals surface area contributed by atoms with Crippen molar-refractivity contribution in [2.45, 2.75) is 18.9 Å². The SMILES string of the molecule is c1ccc(C2=NCN(C[C@H]3CCCO3)CN2c2ccccc2)cc1. The van der Waals surface area contributed by atoms with E-state index < -0.39 is 0 Å². The highest BCUT2D eigenvalue weighted by molar-refractivity contribution is 6.10. The lowest BCUT2D eigenvalue weighted by atomic mass is 10.1. The summed E-state index contributed by atoms with van der Waals surface area (Å²) in [6, 6.07) is 20.9. The Morgan fingerprint density at radius 2 is 1.75 bits per heavy atom. The molecule has 0 bridgehead atoms. The predicted octanol–water partition coefficient (Wildman–Crippen LogP) is 3.35. The van der Waals surface area contributed by atoms with E-state index in [9.17, 15) is 0 Å². The highest BCUT2D eigenvalue weighted by Crippen LogP contribution is 2.22. The fourth-order valence-electron chi connectivity index (χ4n) is 3.40. The maximum atomic E-state index is 5.80. The van der Waals surface area contributed by atoms with E-state index in [1.54, 1.807) is 0 Å². The zero-order valence-electron chi connectivity index (χ0n) is 13.8. The second-order valence-corrected chi connectivity index (χ2v) is 6.38. The summed E-state index contributed by atoms with van der Waals surface area (Å²) in [5, 5.41) is 0. The fourth-order valence-corrected chi connectivity index (χ4v) is 3.40. The van der Waals surface area contributed by atoms with Gasteiger partial charge in [0.05, 0.1) is 19.4 Å². The summed E-state index contributed by atoms with van der Waals surface area (Å²) >= 11 is 0. The van der Waals surface area contributed by atoms with Crippen LogP contribution in [0.15, 0.2) is 65.7 Å². The number of aliphatic imine (C=N–C) groups is 1. The van der Waals surface area contributed by atoms with E-state index in [0.29, 0.717) is 6.10 Å². The van der Waals surface area contributed by atoms with Gasteiger partial charge < -0.3 is 9.64 Å². The summed E-state index contributed by atoms with van der Waals surface area (Å²) in [5.41, 5.74) is 2.34. The number of para-hydroxylation sites is 1. The molecule has 0 spiro atoms. The summed E-state index contributed by atoms with van der Waals surface area (Å²) in [4.78, 5) is 9.56. The zero-order valence-corrected chi connectivity index (χ0v) is 13.8. The van der Waals surface area contributed by atoms with E-state index in [1.807, 2.05) is 6.07 Å². The summed E-state index contributed by atoms with van der Waals surface area (Å²) in [5.74, 6) is 1.05. The third kappa shape index (κ3) is 3.35. The Kier molecular flexibility index (Phi) is 4.58. The van der Waals surface area contributed by atoms with Crippen LogP contribution >= 0.6 is 0 Å². The smallest absolute Gasteiger partial charge is 0.137 e. The van der Waals surface area contributed by atoms with Gasteiger partial charge in [0.25, 0.3) is 0 Å². The first kappa shape index (κ1) is 15.4. The Morgan fingerprint density at radius 1 is 1.00 bits per heavy atom. The quantitative estimate of drug-likeness (QED) is 0.864. The van der Waals surface area contributed by atoms with Crippen LogP contribution < -0.4 is 4.90 Å². The Balaban J connectivity index is 1.60. The largest absolute Gasteiger partial charge is 0.377 e. The molecule has 2 heterocycles. The average Bonchev–Trinajstić information content (AvgIpc) is 3.16. The molecule has 24 heavy (non-hydrogen) atoms. The van der Waals surface area contributed by atoms with Crippen molar-refractivity contribution >= 4 is 11.5 Å². The van der Waals surface area contributed by atoms with Crippen LogP contribution in [0.5, 0.6) is 0 Å². The predicted molar refractivity (Wildman–Crippen MR) is 97.3 cm³/mol. The molecule has 1 fully saturated rings. The third-order valence-electron chi connectivity index (χ3n) is 4.60. The number of hydrogen-bond donors (Lipinski definition) is 0. The summed E-state index contributed by atoms with van der Waals surface area (Å²) < 4.78 is 5.80. The van der Waals surface area contributed by atoms with Gasteiger partial charge in [-0.2, -0.15) is 0 Å². The molecule has 2 aromatic carbocycles. The van der Waals surface area contributed by atoms with Crippen LogP contribution in [-0.2, 0) is 4.74 Å². The van der Waals surface area contributed by atoms with Gasteiger partial charge in [0.2, 0.25) is 0 Å². The van der Waals surface area contributed by atoms with E-state index in [1.165, 1.54) is 12.1 Å². The molecule has 0 aromatic heterocycles. The number of benzene rings is 2. The molecule has 2 aromatic rings. The van der Waals surface area contributed by atoms with Crippen molar-refractivity contribution in [3.8, 4) is 0 Å². The second-order valence-electron chi connectivity index (χ2n) is 6.38. The summed E-state index contributed by atoms with van der Waals surface area (Å²) in [7, 11) is 0. The van der Waals surface area contributed by atoms with E-state index in [0.717, 1.165) is 44.3 Å². The molecule has 0 amide bonds. The van der Waals surface area contributed by atoms with Crippen molar-refractivity contribution in [3.63, 3.8) is 0 Å². The molecule has 4 nitrogen and oxygen atoms in total. The van der Waals surface area contributed by atoms with Gasteiger partial charge in [-0.05, 0) is 25.0 Å². The monoisotopic (exact) mass is 321 g/mol. The molecule has 4 heteroatoms. The molecule has 1 atom stereocenters. The van der Waals surface area contributed by atoms with Gasteiger partial charge >= 0.3 is 0 Å². The highest BCUT2D eigenvalue weighted by atomic mass is 16.5. The highest BCUT2D eigenvalue weighted by Gasteiger charge is 2.26. The van der Waals surface area contributed by atoms with Crippen molar-refractivity contribution in [1.29, 1.82) is 0 Å². The maximum absolute atomic E-state index is 5.80. The van der Waals surface area contributed by atoms with E-state index in [4.69, 9.17) is 9.73 Å². The van der Waals surface area contributed by atoms with Gasteiger partial charge in [0.15, 0.2) is 0 Å². The molecule has 124 valence electrons. The normalized spacial score (nSPS) is 21.8. The minimum atomic E-state index is 0.357. The Bertz CT molecular complexity index is 681. The molecule has 2 aliphatic rings. The molecule has 0 aliphatic carbocycles. The first-order valence-electron chi connectivity index (χ1n) is 8.66. The lowest BCUT2D eigenvalue weighted by molar-refractivity contribution is 0.0739. The number of amidine groups is 1. The number of hydrogen-bond acceptors (Lipinski definition) is 4. The van der Waals surface area contributed by atoms with Crippen molar-refractivity contribution in [3.05, 3.63) is 66.2 Å². The van der Waals surface area contributed by atoms with Crippen molar-refractivity contribution in [2.24, 2.45) is 4.99 Å². The number of ether oxygens (including phenoxy) is 1. The minimum absolute atomic E-state index is 0.357. The lowest BCUT2D eigenvalue weighted by Crippen LogP contribution is -2.48. The molecule has 2 aliphatic heterocycles. The molecular formula is C20H23N3O. The van der Waals surface area contributed by atoms with Crippen LogP contribution in [0.3, 0.4) is 0 Å². The van der Waals surface area contributed by atoms with Crippen LogP contribution in [0.4, 0.5) is 5.69 Å². The third-order valence-corrected chi connectivity index (χ3v) is 4.60. The van der Waals surface area contributed by atoms with Gasteiger partial charge in [0, 0.05) is 24.4 Å². The first-order valence-corrected chi connectivity index (χ1v) is 8.66. The standard InChI is InChI=1S/C20H23N3O/c1-3-8-17(9-4-1)20-21-15-22(14-19-12-7-13-24-19)16-23(20)18-10-5-2-6-11-18/h1-6,8-11,19H,7,12-16H2/t19-/m1/s1. The fraction of sp³-hybridized carbons (Fsp3) is 0.350. The van der Waals surface area contributed by atoms with Crippen molar-refractivity contribution < 1.29 is 4.74 Å². The van der Waals surface area contributed by atoms with Gasteiger partial charge in [0.1, 0.15) is 5.84 Å². The van der Waals surface area contributed by atoms with Gasteiger partial charge in [-0.15, -0.1) is 0 Å². The lowest BCUT2D eigenvalue weighted by Gasteiger charge is -2.37. The van der Waals surface area contributed by atoms with Crippen LogP contribution in [0.1, 0.15) is 18.4 Å². The van der Waals surface area contributed by atoms with Crippen LogP contribution in [0.25, 0.3) is 0 Å². The molecular weight excluding hydrogens is 298 g/mol. The van der Waals surface area contributed by atoms with Crippen molar-refractivity contribution in [1.82, 2.24) is 4.90 Å². The summed E-state index contributed by atoms with van der Waals surface area (Å²) in [6.07, 6.45) is 2.70. The number of anilines is 1. The summed E-state index contributed by atoms with van der Waals surface area (Å²) in [6.45, 7) is 3.43. The van der Waals surface area contributed by atoms with Gasteiger partial charge in [-0.1, -0.05) is 48.5 Å². The molecule has 0 radical (unpaired) electrons. The second kappa shape index (κ2) is 7.16. The van der Waals surface area contributed by atoms with Crippen LogP contribution in [0.2, 0.25) is 0 Å². The molecule has 4 rings (SSSR count). The number of nitrogens with zero attached hydrogens (tertiary/aromatic N) is 3. The average molecular weight is 321 g/mol. The minimum Gasteiger partial charge on any atom is -0.377 e. The Labute approximate surface area is 143 Å².